The van der Waals surface area contributed by atoms with Crippen molar-refractivity contribution in [3.63, 3.8) is 0 Å². The first-order chi connectivity index (χ1) is 22.7. The van der Waals surface area contributed by atoms with Crippen LogP contribution in [0.4, 0.5) is 5.13 Å². The van der Waals surface area contributed by atoms with Crippen LogP contribution < -0.4 is 19.1 Å². The maximum absolute atomic E-state index is 13.8. The van der Waals surface area contributed by atoms with Crippen molar-refractivity contribution in [1.29, 1.82) is 0 Å². The normalized spacial score (nSPS) is 18.4. The van der Waals surface area contributed by atoms with E-state index < -0.39 is 17.7 Å². The zero-order valence-corrected chi connectivity index (χ0v) is 28.4. The topological polar surface area (TPSA) is 111 Å². The van der Waals surface area contributed by atoms with Gasteiger partial charge in [0.25, 0.3) is 5.78 Å². The van der Waals surface area contributed by atoms with Crippen LogP contribution in [-0.4, -0.2) is 46.3 Å². The zero-order chi connectivity index (χ0) is 33.1. The summed E-state index contributed by atoms with van der Waals surface area (Å²) in [6.45, 7) is 9.03. The van der Waals surface area contributed by atoms with Gasteiger partial charge in [-0.3, -0.25) is 14.5 Å². The van der Waals surface area contributed by atoms with Gasteiger partial charge in [-0.25, -0.2) is 0 Å². The largest absolute Gasteiger partial charge is 0.507 e. The number of hydrogen-bond acceptors (Lipinski definition) is 10. The minimum atomic E-state index is -0.984. The van der Waals surface area contributed by atoms with Gasteiger partial charge >= 0.3 is 5.91 Å². The van der Waals surface area contributed by atoms with Crippen molar-refractivity contribution < 1.29 is 28.9 Å². The number of rotatable bonds is 12. The van der Waals surface area contributed by atoms with Crippen LogP contribution in [0.3, 0.4) is 0 Å². The average Bonchev–Trinajstić information content (AvgIpc) is 3.75. The number of aromatic nitrogens is 2. The van der Waals surface area contributed by atoms with Gasteiger partial charge in [0.2, 0.25) is 5.13 Å². The number of aliphatic hydroxyl groups excluding tert-OH is 1. The third-order valence-corrected chi connectivity index (χ3v) is 10.1. The van der Waals surface area contributed by atoms with E-state index in [9.17, 15) is 14.7 Å². The molecule has 0 aliphatic carbocycles. The van der Waals surface area contributed by atoms with Crippen LogP contribution in [0.1, 0.15) is 62.4 Å². The molecule has 0 radical (unpaired) electrons. The molecule has 2 atom stereocenters. The molecule has 2 aliphatic heterocycles. The van der Waals surface area contributed by atoms with Gasteiger partial charge in [0.15, 0.2) is 15.8 Å². The van der Waals surface area contributed by atoms with E-state index in [-0.39, 0.29) is 22.6 Å². The van der Waals surface area contributed by atoms with Crippen molar-refractivity contribution in [1.82, 2.24) is 10.2 Å². The molecule has 3 heterocycles. The van der Waals surface area contributed by atoms with Crippen molar-refractivity contribution in [2.75, 3.05) is 18.1 Å². The Morgan fingerprint density at radius 1 is 1.06 bits per heavy atom. The Bertz CT molecular complexity index is 1810. The van der Waals surface area contributed by atoms with Crippen LogP contribution in [0, 0.1) is 5.92 Å². The predicted octanol–water partition coefficient (Wildman–Crippen LogP) is 7.60. The molecule has 6 rings (SSSR count). The number of anilines is 1. The summed E-state index contributed by atoms with van der Waals surface area (Å²) in [7, 11) is 0. The summed E-state index contributed by atoms with van der Waals surface area (Å²) in [6.07, 6.45) is 1.57. The molecule has 2 aliphatic rings. The molecule has 11 heteroatoms. The summed E-state index contributed by atoms with van der Waals surface area (Å²) < 4.78 is 18.5. The van der Waals surface area contributed by atoms with Crippen LogP contribution in [-0.2, 0) is 21.8 Å². The van der Waals surface area contributed by atoms with Crippen LogP contribution in [0.15, 0.2) is 76.6 Å². The zero-order valence-electron chi connectivity index (χ0n) is 26.8. The van der Waals surface area contributed by atoms with Crippen molar-refractivity contribution in [3.05, 3.63) is 94.6 Å². The van der Waals surface area contributed by atoms with E-state index in [4.69, 9.17) is 14.2 Å². The number of ketones is 1. The first kappa shape index (κ1) is 32.6. The summed E-state index contributed by atoms with van der Waals surface area (Å²) >= 11 is 2.73. The molecule has 1 N–H and O–H groups in total. The highest BCUT2D eigenvalue weighted by Crippen LogP contribution is 2.46. The van der Waals surface area contributed by atoms with Gasteiger partial charge in [-0.15, -0.1) is 10.2 Å². The molecule has 0 saturated carbocycles. The lowest BCUT2D eigenvalue weighted by Gasteiger charge is -2.24. The number of carbonyl (C=O) groups excluding carboxylic acids is 2. The molecule has 244 valence electrons. The summed E-state index contributed by atoms with van der Waals surface area (Å²) in [6, 6.07) is 19.7. The van der Waals surface area contributed by atoms with Crippen molar-refractivity contribution >= 4 is 45.7 Å². The second-order valence-corrected chi connectivity index (χ2v) is 14.1. The Morgan fingerprint density at radius 2 is 1.87 bits per heavy atom. The quantitative estimate of drug-likeness (QED) is 0.0535. The van der Waals surface area contributed by atoms with Gasteiger partial charge in [-0.1, -0.05) is 73.3 Å². The summed E-state index contributed by atoms with van der Waals surface area (Å²) in [5.41, 5.74) is 3.02. The molecular weight excluding hydrogens is 635 g/mol. The van der Waals surface area contributed by atoms with E-state index in [1.165, 1.54) is 28.0 Å². The lowest BCUT2D eigenvalue weighted by Crippen LogP contribution is -2.29. The number of fused-ring (bicyclic) bond motifs is 1. The molecule has 0 bridgehead atoms. The lowest BCUT2D eigenvalue weighted by molar-refractivity contribution is -0.132. The third-order valence-electron chi connectivity index (χ3n) is 7.96. The Morgan fingerprint density at radius 3 is 2.64 bits per heavy atom. The Hall–Kier alpha value is -4.35. The maximum atomic E-state index is 13.8. The fourth-order valence-corrected chi connectivity index (χ4v) is 7.46. The first-order valence-corrected chi connectivity index (χ1v) is 17.5. The van der Waals surface area contributed by atoms with Crippen molar-refractivity contribution in [2.24, 2.45) is 5.92 Å². The molecule has 3 aromatic carbocycles. The smallest absolute Gasteiger partial charge is 0.301 e. The minimum Gasteiger partial charge on any atom is -0.507 e. The SMILES string of the molecule is CCOc1cc([C@@H]2C(=C(O)c3ccc4c(c3)C[C@H](C)O4)C(=O)C(=O)N2c2nnc(SCc3ccccc3)s2)ccc1OCCC(C)C. The van der Waals surface area contributed by atoms with E-state index in [1.54, 1.807) is 30.3 Å². The Balaban J connectivity index is 1.41. The highest BCUT2D eigenvalue weighted by atomic mass is 32.2. The Kier molecular flexibility index (Phi) is 9.84. The van der Waals surface area contributed by atoms with Crippen LogP contribution in [0.2, 0.25) is 0 Å². The lowest BCUT2D eigenvalue weighted by atomic mass is 9.94. The van der Waals surface area contributed by atoms with E-state index in [0.717, 1.165) is 23.3 Å². The number of Topliss-reactive ketones (excluding diaryl/α,β-unsaturated/α-hetero) is 1. The van der Waals surface area contributed by atoms with Crippen LogP contribution >= 0.6 is 23.1 Å². The van der Waals surface area contributed by atoms with Crippen LogP contribution in [0.25, 0.3) is 5.76 Å². The molecule has 0 unspecified atom stereocenters. The number of hydrogen-bond donors (Lipinski definition) is 1. The highest BCUT2D eigenvalue weighted by molar-refractivity contribution is 8.00. The van der Waals surface area contributed by atoms with Gasteiger partial charge in [0.05, 0.1) is 24.8 Å². The average molecular weight is 672 g/mol. The molecule has 4 aromatic rings. The highest BCUT2D eigenvalue weighted by Gasteiger charge is 2.48. The van der Waals surface area contributed by atoms with E-state index in [0.29, 0.717) is 58.3 Å². The summed E-state index contributed by atoms with van der Waals surface area (Å²) in [5, 5.41) is 20.7. The number of nitrogens with zero attached hydrogens (tertiary/aromatic N) is 3. The standard InChI is InChI=1S/C36H37N3O6S2/c1-5-43-29-19-24(11-14-28(29)44-16-15-21(2)3)31-30(32(40)25-12-13-27-26(18-25)17-22(4)45-27)33(41)34(42)39(31)35-37-38-36(47-35)46-20-23-9-7-6-8-10-23/h6-14,18-19,21-22,31,40H,5,15-17,20H2,1-4H3/t22-,31+/m0/s1. The number of carbonyl (C=O) groups is 2. The molecule has 9 nitrogen and oxygen atoms in total. The number of aliphatic hydroxyl groups is 1. The van der Waals surface area contributed by atoms with Gasteiger partial charge in [-0.05, 0) is 73.2 Å². The number of benzene rings is 3. The predicted molar refractivity (Wildman–Crippen MR) is 183 cm³/mol. The van der Waals surface area contributed by atoms with Gasteiger partial charge < -0.3 is 19.3 Å². The monoisotopic (exact) mass is 671 g/mol. The maximum Gasteiger partial charge on any atom is 0.301 e. The second-order valence-electron chi connectivity index (χ2n) is 11.9. The first-order valence-electron chi connectivity index (χ1n) is 15.7. The molecule has 0 spiro atoms. The van der Waals surface area contributed by atoms with E-state index in [2.05, 4.69) is 24.0 Å². The molecule has 1 saturated heterocycles. The molecule has 1 aromatic heterocycles. The molecule has 47 heavy (non-hydrogen) atoms. The second kappa shape index (κ2) is 14.2. The minimum absolute atomic E-state index is 0.0117. The van der Waals surface area contributed by atoms with E-state index in [1.807, 2.05) is 50.2 Å². The summed E-state index contributed by atoms with van der Waals surface area (Å²) in [4.78, 5) is 29.0. The van der Waals surface area contributed by atoms with E-state index >= 15 is 0 Å². The number of ether oxygens (including phenoxy) is 3. The fraction of sp³-hybridized carbons (Fsp3) is 0.333. The van der Waals surface area contributed by atoms with Crippen molar-refractivity contribution in [3.8, 4) is 17.2 Å². The van der Waals surface area contributed by atoms with Crippen molar-refractivity contribution in [2.45, 2.75) is 62.8 Å². The fourth-order valence-electron chi connectivity index (χ4n) is 5.63. The number of amides is 1. The summed E-state index contributed by atoms with van der Waals surface area (Å²) in [5.74, 6) is 1.08. The molecule has 1 amide bonds. The molecule has 1 fully saturated rings. The number of thioether (sulfide) groups is 1. The van der Waals surface area contributed by atoms with Crippen LogP contribution in [0.5, 0.6) is 17.2 Å². The van der Waals surface area contributed by atoms with Gasteiger partial charge in [0.1, 0.15) is 17.6 Å². The van der Waals surface area contributed by atoms with Gasteiger partial charge in [0, 0.05) is 17.7 Å². The third kappa shape index (κ3) is 7.01. The Labute approximate surface area is 282 Å². The molecular formula is C36H37N3O6S2. The van der Waals surface area contributed by atoms with Gasteiger partial charge in [-0.2, -0.15) is 0 Å².